The molecule has 1 nitrogen and oxygen atoms in total. The lowest BCUT2D eigenvalue weighted by Gasteiger charge is -2.18. The maximum absolute atomic E-state index is 3.66. The Bertz CT molecular complexity index is 210. The maximum Gasteiger partial charge on any atom is 0.226 e. The third-order valence-corrected chi connectivity index (χ3v) is 4.90. The van der Waals surface area contributed by atoms with Crippen molar-refractivity contribution >= 4 is 16.1 Å². The van der Waals surface area contributed by atoms with Gasteiger partial charge in [0.1, 0.15) is 0 Å². The summed E-state index contributed by atoms with van der Waals surface area (Å²) in [6.45, 7) is 3.54. The average molecular weight is 377 g/mol. The summed E-state index contributed by atoms with van der Waals surface area (Å²) in [5.41, 5.74) is 0. The highest BCUT2D eigenvalue weighted by atomic mass is 79.9. The molecule has 0 fully saturated rings. The minimum Gasteiger partial charge on any atom is -0.261 e. The zero-order chi connectivity index (χ0) is 16.5. The van der Waals surface area contributed by atoms with E-state index >= 15 is 0 Å². The minimum absolute atomic E-state index is 0.936. The number of unbranched alkanes of at least 4 members (excludes halogenated alkanes) is 15. The molecule has 0 saturated carbocycles. The van der Waals surface area contributed by atoms with Crippen molar-refractivity contribution in [2.45, 2.75) is 110 Å². The van der Waals surface area contributed by atoms with Gasteiger partial charge in [0.05, 0.1) is 20.6 Å². The quantitative estimate of drug-likeness (QED) is 0.180. The van der Waals surface area contributed by atoms with E-state index in [2.05, 4.69) is 37.2 Å². The first kappa shape index (κ1) is 22.4. The number of nitrogens with zero attached hydrogens (tertiary/aromatic N) is 1. The molecule has 0 spiro atoms. The zero-order valence-corrected chi connectivity index (χ0v) is 17.4. The second-order valence-corrected chi connectivity index (χ2v) is 9.48. The molecule has 0 aromatic heterocycles. The molecule has 0 aromatic rings. The normalized spacial score (nSPS) is 12.0. The monoisotopic (exact) mass is 376 g/mol. The molecule has 2 heteroatoms. The molecular formula is C20H43BrN+. The van der Waals surface area contributed by atoms with Gasteiger partial charge in [0, 0.05) is 0 Å². The molecule has 0 amide bonds. The second-order valence-electron chi connectivity index (χ2n) is 7.56. The van der Waals surface area contributed by atoms with Gasteiger partial charge in [-0.05, 0) is 12.8 Å². The number of rotatable bonds is 17. The minimum atomic E-state index is 0.936. The molecule has 0 saturated heterocycles. The summed E-state index contributed by atoms with van der Waals surface area (Å²) in [6.07, 6.45) is 23.2. The van der Waals surface area contributed by atoms with E-state index in [0.29, 0.717) is 0 Å². The molecular weight excluding hydrogens is 334 g/mol. The summed E-state index contributed by atoms with van der Waals surface area (Å²) in [5.74, 6) is 0. The maximum atomic E-state index is 3.66. The fourth-order valence-corrected chi connectivity index (χ4v) is 3.29. The van der Waals surface area contributed by atoms with E-state index in [1.54, 1.807) is 0 Å². The highest BCUT2D eigenvalue weighted by molar-refractivity contribution is 9.05. The molecule has 0 atom stereocenters. The van der Waals surface area contributed by atoms with Crippen LogP contribution in [0.2, 0.25) is 0 Å². The predicted octanol–water partition coefficient (Wildman–Crippen LogP) is 7.63. The zero-order valence-electron chi connectivity index (χ0n) is 15.8. The summed E-state index contributed by atoms with van der Waals surface area (Å²) in [6, 6.07) is 0. The largest absolute Gasteiger partial charge is 0.261 e. The SMILES string of the molecule is CCCCCCCCCCCCCCCCCC[N+](C)(C)Br. The van der Waals surface area contributed by atoms with Crippen LogP contribution in [0.5, 0.6) is 0 Å². The first-order valence-electron chi connectivity index (χ1n) is 10.1. The van der Waals surface area contributed by atoms with Crippen LogP contribution in [0.15, 0.2) is 0 Å². The molecule has 22 heavy (non-hydrogen) atoms. The molecule has 0 aromatic carbocycles. The Morgan fingerprint density at radius 1 is 0.500 bits per heavy atom. The van der Waals surface area contributed by atoms with E-state index in [-0.39, 0.29) is 0 Å². The van der Waals surface area contributed by atoms with E-state index in [1.807, 2.05) is 0 Å². The van der Waals surface area contributed by atoms with E-state index in [4.69, 9.17) is 0 Å². The first-order valence-corrected chi connectivity index (χ1v) is 10.8. The lowest BCUT2D eigenvalue weighted by Crippen LogP contribution is -2.27. The van der Waals surface area contributed by atoms with Crippen LogP contribution in [-0.2, 0) is 0 Å². The van der Waals surface area contributed by atoms with Gasteiger partial charge in [-0.15, -0.1) is 0 Å². The van der Waals surface area contributed by atoms with Crippen molar-refractivity contribution < 1.29 is 3.51 Å². The van der Waals surface area contributed by atoms with Crippen molar-refractivity contribution in [2.24, 2.45) is 0 Å². The van der Waals surface area contributed by atoms with Crippen molar-refractivity contribution in [3.8, 4) is 0 Å². The molecule has 0 unspecified atom stereocenters. The molecule has 0 aliphatic heterocycles. The molecule has 0 bridgehead atoms. The fourth-order valence-electron chi connectivity index (χ4n) is 3.04. The van der Waals surface area contributed by atoms with Crippen molar-refractivity contribution in [3.05, 3.63) is 0 Å². The molecule has 134 valence electrons. The molecule has 0 radical (unpaired) electrons. The van der Waals surface area contributed by atoms with E-state index < -0.39 is 0 Å². The molecule has 0 heterocycles. The van der Waals surface area contributed by atoms with E-state index in [9.17, 15) is 0 Å². The summed E-state index contributed by atoms with van der Waals surface area (Å²) in [7, 11) is 4.43. The van der Waals surface area contributed by atoms with Gasteiger partial charge < -0.3 is 0 Å². The third-order valence-electron chi connectivity index (χ3n) is 4.54. The Morgan fingerprint density at radius 2 is 0.773 bits per heavy atom. The summed E-state index contributed by atoms with van der Waals surface area (Å²) in [5, 5.41) is 0. The Labute approximate surface area is 150 Å². The van der Waals surface area contributed by atoms with Crippen LogP contribution in [0, 0.1) is 0 Å². The second kappa shape index (κ2) is 16.3. The molecule has 0 aliphatic rings. The van der Waals surface area contributed by atoms with Crippen molar-refractivity contribution in [2.75, 3.05) is 20.6 Å². The lowest BCUT2D eigenvalue weighted by atomic mass is 10.0. The predicted molar refractivity (Wildman–Crippen MR) is 105 cm³/mol. The number of halogens is 1. The van der Waals surface area contributed by atoms with Crippen LogP contribution in [0.3, 0.4) is 0 Å². The first-order chi connectivity index (χ1) is 10.6. The van der Waals surface area contributed by atoms with Crippen LogP contribution >= 0.6 is 16.1 Å². The van der Waals surface area contributed by atoms with Gasteiger partial charge >= 0.3 is 0 Å². The highest BCUT2D eigenvalue weighted by Crippen LogP contribution is 2.14. The lowest BCUT2D eigenvalue weighted by molar-refractivity contribution is -0.734. The topological polar surface area (TPSA) is 0 Å². The van der Waals surface area contributed by atoms with E-state index in [1.165, 1.54) is 109 Å². The van der Waals surface area contributed by atoms with Gasteiger partial charge in [0.2, 0.25) is 16.1 Å². The Hall–Kier alpha value is 0.440. The van der Waals surface area contributed by atoms with Crippen molar-refractivity contribution in [1.82, 2.24) is 0 Å². The average Bonchev–Trinajstić information content (AvgIpc) is 2.45. The smallest absolute Gasteiger partial charge is 0.226 e. The van der Waals surface area contributed by atoms with Crippen LogP contribution in [0.4, 0.5) is 0 Å². The van der Waals surface area contributed by atoms with Gasteiger partial charge in [-0.25, -0.2) is 0 Å². The summed E-state index contributed by atoms with van der Waals surface area (Å²) >= 11 is 3.66. The summed E-state index contributed by atoms with van der Waals surface area (Å²) in [4.78, 5) is 0. The van der Waals surface area contributed by atoms with Crippen LogP contribution in [-0.4, -0.2) is 24.1 Å². The standard InChI is InChI=1S/C20H43BrN/c1-4-5-6-7-8-9-10-11-12-13-14-15-16-17-18-19-20-22(2,3)21/h4-20H2,1-3H3/q+1. The Kier molecular flexibility index (Phi) is 16.6. The van der Waals surface area contributed by atoms with Crippen LogP contribution < -0.4 is 0 Å². The van der Waals surface area contributed by atoms with Gasteiger partial charge in [-0.3, -0.25) is 3.51 Å². The number of hydrogen-bond donors (Lipinski definition) is 0. The Balaban J connectivity index is 3.00. The molecule has 0 rings (SSSR count). The van der Waals surface area contributed by atoms with Crippen molar-refractivity contribution in [1.29, 1.82) is 0 Å². The third kappa shape index (κ3) is 20.4. The Morgan fingerprint density at radius 3 is 1.05 bits per heavy atom. The number of hydrogen-bond acceptors (Lipinski definition) is 0. The van der Waals surface area contributed by atoms with Crippen LogP contribution in [0.1, 0.15) is 110 Å². The van der Waals surface area contributed by atoms with Gasteiger partial charge in [0.15, 0.2) is 0 Å². The highest BCUT2D eigenvalue weighted by Gasteiger charge is 2.08. The van der Waals surface area contributed by atoms with Gasteiger partial charge in [-0.2, -0.15) is 0 Å². The summed E-state index contributed by atoms with van der Waals surface area (Å²) < 4.78 is 0.936. The number of quaternary nitrogens is 1. The van der Waals surface area contributed by atoms with Gasteiger partial charge in [-0.1, -0.05) is 96.8 Å². The van der Waals surface area contributed by atoms with Crippen LogP contribution in [0.25, 0.3) is 0 Å². The molecule has 0 N–H and O–H groups in total. The fraction of sp³-hybridized carbons (Fsp3) is 1.00. The van der Waals surface area contributed by atoms with E-state index in [0.717, 1.165) is 3.51 Å². The molecule has 0 aliphatic carbocycles. The van der Waals surface area contributed by atoms with Gasteiger partial charge in [0.25, 0.3) is 0 Å². The van der Waals surface area contributed by atoms with Crippen molar-refractivity contribution in [3.63, 3.8) is 0 Å².